The number of pyridine rings is 1. The van der Waals surface area contributed by atoms with Gasteiger partial charge in [0.25, 0.3) is 0 Å². The van der Waals surface area contributed by atoms with E-state index in [4.69, 9.17) is 28.6 Å². The number of carbonyl (C=O) groups is 1. The third-order valence-corrected chi connectivity index (χ3v) is 6.40. The normalized spacial score (nSPS) is 17.5. The molecule has 6 nitrogen and oxygen atoms in total. The Morgan fingerprint density at radius 1 is 1.03 bits per heavy atom. The Hall–Kier alpha value is -3.68. The first-order chi connectivity index (χ1) is 16.6. The largest absolute Gasteiger partial charge is 0.465 e. The highest BCUT2D eigenvalue weighted by atomic mass is 35.5. The van der Waals surface area contributed by atoms with E-state index >= 15 is 0 Å². The molecule has 0 amide bonds. The highest BCUT2D eigenvalue weighted by molar-refractivity contribution is 7.80. The molecule has 1 aliphatic heterocycles. The van der Waals surface area contributed by atoms with Gasteiger partial charge in [0.15, 0.2) is 5.11 Å². The monoisotopic (exact) mass is 488 g/mol. The third kappa shape index (κ3) is 4.04. The van der Waals surface area contributed by atoms with Crippen LogP contribution in [0.3, 0.4) is 0 Å². The number of esters is 1. The van der Waals surface area contributed by atoms with E-state index in [0.29, 0.717) is 15.7 Å². The van der Waals surface area contributed by atoms with E-state index in [1.54, 1.807) is 12.3 Å². The second-order valence-electron chi connectivity index (χ2n) is 7.82. The van der Waals surface area contributed by atoms with E-state index in [1.807, 2.05) is 72.9 Å². The first-order valence-corrected chi connectivity index (χ1v) is 11.5. The second kappa shape index (κ2) is 9.29. The molecule has 1 N–H and O–H groups in total. The van der Waals surface area contributed by atoms with Gasteiger partial charge in [-0.25, -0.2) is 4.79 Å². The van der Waals surface area contributed by atoms with Crippen molar-refractivity contribution in [3.63, 3.8) is 0 Å². The fourth-order valence-electron chi connectivity index (χ4n) is 4.31. The number of anilines is 1. The molecule has 34 heavy (non-hydrogen) atoms. The van der Waals surface area contributed by atoms with Crippen LogP contribution in [0.5, 0.6) is 0 Å². The van der Waals surface area contributed by atoms with Gasteiger partial charge in [0.1, 0.15) is 6.04 Å². The summed E-state index contributed by atoms with van der Waals surface area (Å²) in [5.74, 6) is -0.381. The van der Waals surface area contributed by atoms with Crippen molar-refractivity contribution in [3.05, 3.63) is 113 Å². The van der Waals surface area contributed by atoms with Gasteiger partial charge in [0.2, 0.25) is 0 Å². The fourth-order valence-corrected chi connectivity index (χ4v) is 4.78. The maximum atomic E-state index is 12.1. The minimum atomic E-state index is -0.381. The molecule has 0 spiro atoms. The standard InChI is InChI=1S/C26H21ClN4O2S/c1-33-25(32)17-6-4-7-20(16-17)30-15-5-9-22(30)24-23(21-8-2-3-14-28-21)29-26(34)31(24)19-12-10-18(27)11-13-19/h2-16,23-24H,1H3,(H,29,34)/t23-,24-/m0/s1. The number of aromatic nitrogens is 2. The highest BCUT2D eigenvalue weighted by Gasteiger charge is 2.42. The summed E-state index contributed by atoms with van der Waals surface area (Å²) in [6.07, 6.45) is 3.75. The fraction of sp³-hybridized carbons (Fsp3) is 0.115. The van der Waals surface area contributed by atoms with Crippen molar-refractivity contribution in [2.24, 2.45) is 0 Å². The van der Waals surface area contributed by atoms with Gasteiger partial charge in [0, 0.05) is 34.5 Å². The molecule has 0 aliphatic carbocycles. The Labute approximate surface area is 207 Å². The van der Waals surface area contributed by atoms with Crippen molar-refractivity contribution in [1.29, 1.82) is 0 Å². The summed E-state index contributed by atoms with van der Waals surface area (Å²) < 4.78 is 6.97. The van der Waals surface area contributed by atoms with Gasteiger partial charge < -0.3 is 19.5 Å². The van der Waals surface area contributed by atoms with E-state index in [1.165, 1.54) is 7.11 Å². The van der Waals surface area contributed by atoms with Gasteiger partial charge in [-0.05, 0) is 78.9 Å². The average Bonchev–Trinajstić information content (AvgIpc) is 3.49. The Morgan fingerprint density at radius 2 is 1.85 bits per heavy atom. The summed E-state index contributed by atoms with van der Waals surface area (Å²) in [4.78, 5) is 18.8. The van der Waals surface area contributed by atoms with Crippen LogP contribution in [-0.4, -0.2) is 27.7 Å². The van der Waals surface area contributed by atoms with Crippen molar-refractivity contribution in [2.45, 2.75) is 12.1 Å². The quantitative estimate of drug-likeness (QED) is 0.296. The van der Waals surface area contributed by atoms with E-state index in [2.05, 4.69) is 25.8 Å². The lowest BCUT2D eigenvalue weighted by Crippen LogP contribution is -2.30. The summed E-state index contributed by atoms with van der Waals surface area (Å²) in [6, 6.07) is 24.5. The van der Waals surface area contributed by atoms with Crippen molar-refractivity contribution in [2.75, 3.05) is 12.0 Å². The number of hydrogen-bond donors (Lipinski definition) is 1. The lowest BCUT2D eigenvalue weighted by atomic mass is 10.0. The summed E-state index contributed by atoms with van der Waals surface area (Å²) in [5.41, 5.74) is 4.11. The molecular weight excluding hydrogens is 468 g/mol. The topological polar surface area (TPSA) is 59.4 Å². The molecule has 0 bridgehead atoms. The molecule has 1 aliphatic rings. The molecule has 0 saturated carbocycles. The van der Waals surface area contributed by atoms with Crippen LogP contribution in [0.1, 0.15) is 33.8 Å². The smallest absolute Gasteiger partial charge is 0.337 e. The van der Waals surface area contributed by atoms with Crippen molar-refractivity contribution in [1.82, 2.24) is 14.9 Å². The van der Waals surface area contributed by atoms with Gasteiger partial charge in [-0.3, -0.25) is 4.98 Å². The summed E-state index contributed by atoms with van der Waals surface area (Å²) in [7, 11) is 1.38. The van der Waals surface area contributed by atoms with Crippen LogP contribution in [-0.2, 0) is 4.74 Å². The van der Waals surface area contributed by atoms with Gasteiger partial charge >= 0.3 is 5.97 Å². The zero-order valence-electron chi connectivity index (χ0n) is 18.3. The Morgan fingerprint density at radius 3 is 2.59 bits per heavy atom. The van der Waals surface area contributed by atoms with Crippen molar-refractivity contribution < 1.29 is 9.53 Å². The van der Waals surface area contributed by atoms with E-state index in [9.17, 15) is 4.79 Å². The molecule has 4 aromatic rings. The molecule has 8 heteroatoms. The number of rotatable bonds is 5. The number of halogens is 1. The summed E-state index contributed by atoms with van der Waals surface area (Å²) in [6.45, 7) is 0. The predicted molar refractivity (Wildman–Crippen MR) is 136 cm³/mol. The molecule has 2 aromatic carbocycles. The maximum absolute atomic E-state index is 12.1. The molecule has 0 unspecified atom stereocenters. The number of ether oxygens (including phenoxy) is 1. The van der Waals surface area contributed by atoms with Crippen LogP contribution in [0.25, 0.3) is 5.69 Å². The average molecular weight is 489 g/mol. The Bertz CT molecular complexity index is 1340. The molecule has 1 fully saturated rings. The van der Waals surface area contributed by atoms with E-state index < -0.39 is 0 Å². The first kappa shape index (κ1) is 22.1. The SMILES string of the molecule is COC(=O)c1cccc(-n2cccc2[C@H]2[C@H](c3ccccn3)NC(=S)N2c2ccc(Cl)cc2)c1. The van der Waals surface area contributed by atoms with Crippen molar-refractivity contribution in [3.8, 4) is 5.69 Å². The number of benzene rings is 2. The molecule has 1 saturated heterocycles. The van der Waals surface area contributed by atoms with Crippen LogP contribution in [0.4, 0.5) is 5.69 Å². The number of carbonyl (C=O) groups excluding carboxylic acids is 1. The summed E-state index contributed by atoms with van der Waals surface area (Å²) >= 11 is 12.0. The van der Waals surface area contributed by atoms with Crippen LogP contribution < -0.4 is 10.2 Å². The third-order valence-electron chi connectivity index (χ3n) is 5.83. The lowest BCUT2D eigenvalue weighted by Gasteiger charge is -2.29. The van der Waals surface area contributed by atoms with Gasteiger partial charge in [-0.1, -0.05) is 23.7 Å². The predicted octanol–water partition coefficient (Wildman–Crippen LogP) is 5.49. The van der Waals surface area contributed by atoms with Crippen LogP contribution in [0.15, 0.2) is 91.3 Å². The second-order valence-corrected chi connectivity index (χ2v) is 8.64. The van der Waals surface area contributed by atoms with Crippen molar-refractivity contribution >= 4 is 40.6 Å². The molecule has 170 valence electrons. The molecule has 2 aromatic heterocycles. The number of hydrogen-bond acceptors (Lipinski definition) is 4. The Kier molecular flexibility index (Phi) is 6.04. The molecule has 2 atom stereocenters. The number of methoxy groups -OCH3 is 1. The van der Waals surface area contributed by atoms with Crippen LogP contribution in [0, 0.1) is 0 Å². The van der Waals surface area contributed by atoms with Gasteiger partial charge in [-0.2, -0.15) is 0 Å². The van der Waals surface area contributed by atoms with E-state index in [0.717, 1.165) is 22.8 Å². The number of thiocarbonyl (C=S) groups is 1. The van der Waals surface area contributed by atoms with Gasteiger partial charge in [0.05, 0.1) is 24.4 Å². The zero-order valence-corrected chi connectivity index (χ0v) is 19.8. The first-order valence-electron chi connectivity index (χ1n) is 10.7. The molecule has 0 radical (unpaired) electrons. The lowest BCUT2D eigenvalue weighted by molar-refractivity contribution is 0.0600. The molecule has 3 heterocycles. The maximum Gasteiger partial charge on any atom is 0.337 e. The minimum Gasteiger partial charge on any atom is -0.465 e. The molecular formula is C26H21ClN4O2S. The zero-order chi connectivity index (χ0) is 23.7. The number of nitrogens with one attached hydrogen (secondary N) is 1. The Balaban J connectivity index is 1.65. The van der Waals surface area contributed by atoms with Crippen LogP contribution in [0.2, 0.25) is 5.02 Å². The minimum absolute atomic E-state index is 0.193. The van der Waals surface area contributed by atoms with Crippen LogP contribution >= 0.6 is 23.8 Å². The number of nitrogens with zero attached hydrogens (tertiary/aromatic N) is 3. The highest BCUT2D eigenvalue weighted by Crippen LogP contribution is 2.42. The molecule has 5 rings (SSSR count). The van der Waals surface area contributed by atoms with E-state index in [-0.39, 0.29) is 18.1 Å². The van der Waals surface area contributed by atoms with Gasteiger partial charge in [-0.15, -0.1) is 0 Å². The summed E-state index contributed by atoms with van der Waals surface area (Å²) in [5, 5.41) is 4.72.